The third-order valence-electron chi connectivity index (χ3n) is 4.43. The summed E-state index contributed by atoms with van der Waals surface area (Å²) >= 11 is 0. The maximum atomic E-state index is 6.14. The third kappa shape index (κ3) is 8.12. The molecule has 0 radical (unpaired) electrons. The van der Waals surface area contributed by atoms with Crippen LogP contribution in [0.4, 0.5) is 0 Å². The lowest BCUT2D eigenvalue weighted by molar-refractivity contribution is -0.415. The summed E-state index contributed by atoms with van der Waals surface area (Å²) in [5.41, 5.74) is -0.751. The van der Waals surface area contributed by atoms with Gasteiger partial charge in [-0.3, -0.25) is 0 Å². The summed E-state index contributed by atoms with van der Waals surface area (Å²) in [6.07, 6.45) is 17.0. The number of rotatable bonds is 17. The van der Waals surface area contributed by atoms with Crippen LogP contribution in [0, 0.1) is 0 Å². The molecule has 0 aliphatic carbocycles. The van der Waals surface area contributed by atoms with Gasteiger partial charge in [0, 0.05) is 0 Å². The van der Waals surface area contributed by atoms with Gasteiger partial charge in [0.15, 0.2) is 0 Å². The molecule has 24 heavy (non-hydrogen) atoms. The summed E-state index contributed by atoms with van der Waals surface area (Å²) in [5.74, 6) is 0. The summed E-state index contributed by atoms with van der Waals surface area (Å²) in [6, 6.07) is 0. The Bertz CT molecular complexity index is 314. The molecule has 138 valence electrons. The standard InChI is InChI=1S/C22H38O2/c1-7-13-19-21(15-9-3,16-10-4)23-24-22(17-11-5,18-12-6)20-14-8-2/h9-12H,3-8,13-20H2,1-2H3. The van der Waals surface area contributed by atoms with Crippen molar-refractivity contribution in [2.24, 2.45) is 0 Å². The lowest BCUT2D eigenvalue weighted by Crippen LogP contribution is -2.39. The van der Waals surface area contributed by atoms with E-state index in [2.05, 4.69) is 40.2 Å². The van der Waals surface area contributed by atoms with E-state index in [1.807, 2.05) is 24.3 Å². The third-order valence-corrected chi connectivity index (χ3v) is 4.43. The van der Waals surface area contributed by atoms with Gasteiger partial charge in [0.25, 0.3) is 0 Å². The Morgan fingerprint density at radius 3 is 1.12 bits per heavy atom. The molecule has 0 aromatic carbocycles. The van der Waals surface area contributed by atoms with Crippen LogP contribution in [0.1, 0.15) is 78.1 Å². The minimum Gasteiger partial charge on any atom is -0.229 e. The van der Waals surface area contributed by atoms with E-state index < -0.39 is 0 Å². The molecule has 2 heteroatoms. The maximum absolute atomic E-state index is 6.14. The summed E-state index contributed by atoms with van der Waals surface area (Å²) < 4.78 is 0. The first kappa shape index (κ1) is 22.9. The lowest BCUT2D eigenvalue weighted by Gasteiger charge is -2.37. The molecule has 0 unspecified atom stereocenters. The summed E-state index contributed by atoms with van der Waals surface area (Å²) in [4.78, 5) is 12.3. The first-order chi connectivity index (χ1) is 11.6. The average Bonchev–Trinajstić information content (AvgIpc) is 2.57. The Morgan fingerprint density at radius 2 is 0.917 bits per heavy atom. The molecular weight excluding hydrogens is 296 g/mol. The van der Waals surface area contributed by atoms with Crippen molar-refractivity contribution >= 4 is 0 Å². The van der Waals surface area contributed by atoms with Crippen molar-refractivity contribution < 1.29 is 9.78 Å². The van der Waals surface area contributed by atoms with Crippen LogP contribution in [0.25, 0.3) is 0 Å². The molecule has 0 amide bonds. The highest BCUT2D eigenvalue weighted by atomic mass is 17.2. The highest BCUT2D eigenvalue weighted by Gasteiger charge is 2.36. The van der Waals surface area contributed by atoms with Crippen LogP contribution in [0.3, 0.4) is 0 Å². The highest BCUT2D eigenvalue weighted by Crippen LogP contribution is 2.35. The lowest BCUT2D eigenvalue weighted by atomic mass is 9.89. The fourth-order valence-corrected chi connectivity index (χ4v) is 3.02. The molecule has 0 heterocycles. The molecular formula is C22H38O2. The zero-order chi connectivity index (χ0) is 18.3. The zero-order valence-electron chi connectivity index (χ0n) is 16.0. The van der Waals surface area contributed by atoms with Gasteiger partial charge in [-0.1, -0.05) is 63.8 Å². The van der Waals surface area contributed by atoms with E-state index in [-0.39, 0.29) is 11.2 Å². The molecule has 0 rings (SSSR count). The largest absolute Gasteiger partial charge is 0.229 e. The van der Waals surface area contributed by atoms with Gasteiger partial charge in [-0.25, -0.2) is 9.78 Å². The van der Waals surface area contributed by atoms with Crippen LogP contribution in [0.2, 0.25) is 0 Å². The number of unbranched alkanes of at least 4 members (excludes halogenated alkanes) is 2. The smallest absolute Gasteiger partial charge is 0.110 e. The van der Waals surface area contributed by atoms with E-state index >= 15 is 0 Å². The summed E-state index contributed by atoms with van der Waals surface area (Å²) in [7, 11) is 0. The SMILES string of the molecule is C=CCC(CC=C)(CCCC)OOC(CC=C)(CC=C)CCCC. The van der Waals surface area contributed by atoms with Crippen molar-refractivity contribution in [3.05, 3.63) is 50.6 Å². The van der Waals surface area contributed by atoms with Gasteiger partial charge in [-0.05, 0) is 38.5 Å². The van der Waals surface area contributed by atoms with Crippen molar-refractivity contribution in [2.75, 3.05) is 0 Å². The molecule has 0 fully saturated rings. The first-order valence-corrected chi connectivity index (χ1v) is 9.38. The molecule has 2 nitrogen and oxygen atoms in total. The highest BCUT2D eigenvalue weighted by molar-refractivity contribution is 4.95. The molecule has 0 aliphatic rings. The maximum Gasteiger partial charge on any atom is 0.110 e. The van der Waals surface area contributed by atoms with E-state index in [1.165, 1.54) is 0 Å². The van der Waals surface area contributed by atoms with Crippen molar-refractivity contribution in [3.63, 3.8) is 0 Å². The van der Waals surface area contributed by atoms with Crippen LogP contribution in [-0.4, -0.2) is 11.2 Å². The van der Waals surface area contributed by atoms with E-state index in [1.54, 1.807) is 0 Å². The predicted molar refractivity (Wildman–Crippen MR) is 106 cm³/mol. The topological polar surface area (TPSA) is 18.5 Å². The predicted octanol–water partition coefficient (Wildman–Crippen LogP) is 7.10. The molecule has 0 aromatic heterocycles. The second kappa shape index (κ2) is 13.2. The van der Waals surface area contributed by atoms with Gasteiger partial charge in [0.2, 0.25) is 0 Å². The van der Waals surface area contributed by atoms with E-state index in [0.717, 1.165) is 64.2 Å². The Labute approximate surface area is 150 Å². The van der Waals surface area contributed by atoms with Gasteiger partial charge < -0.3 is 0 Å². The molecule has 0 aliphatic heterocycles. The van der Waals surface area contributed by atoms with Crippen molar-refractivity contribution in [3.8, 4) is 0 Å². The van der Waals surface area contributed by atoms with Gasteiger partial charge >= 0.3 is 0 Å². The molecule has 0 saturated carbocycles. The van der Waals surface area contributed by atoms with Crippen LogP contribution in [-0.2, 0) is 9.78 Å². The van der Waals surface area contributed by atoms with Crippen molar-refractivity contribution in [1.29, 1.82) is 0 Å². The summed E-state index contributed by atoms with van der Waals surface area (Å²) in [6.45, 7) is 20.0. The quantitative estimate of drug-likeness (QED) is 0.160. The Morgan fingerprint density at radius 1 is 0.625 bits per heavy atom. The zero-order valence-corrected chi connectivity index (χ0v) is 16.0. The van der Waals surface area contributed by atoms with Crippen LogP contribution < -0.4 is 0 Å². The molecule has 0 saturated heterocycles. The van der Waals surface area contributed by atoms with Gasteiger partial charge in [0.1, 0.15) is 11.2 Å². The van der Waals surface area contributed by atoms with Gasteiger partial charge in [-0.2, -0.15) is 0 Å². The van der Waals surface area contributed by atoms with Gasteiger partial charge in [0.05, 0.1) is 0 Å². The molecule has 0 aromatic rings. The first-order valence-electron chi connectivity index (χ1n) is 9.38. The van der Waals surface area contributed by atoms with Crippen molar-refractivity contribution in [2.45, 2.75) is 89.3 Å². The average molecular weight is 335 g/mol. The van der Waals surface area contributed by atoms with Crippen LogP contribution in [0.15, 0.2) is 50.6 Å². The Hall–Kier alpha value is -1.12. The molecule has 0 bridgehead atoms. The Kier molecular flexibility index (Phi) is 12.6. The van der Waals surface area contributed by atoms with Gasteiger partial charge in [-0.15, -0.1) is 26.3 Å². The van der Waals surface area contributed by atoms with E-state index in [0.29, 0.717) is 0 Å². The fraction of sp³-hybridized carbons (Fsp3) is 0.636. The molecule has 0 spiro atoms. The minimum absolute atomic E-state index is 0.376. The molecule has 0 N–H and O–H groups in total. The number of hydrogen-bond acceptors (Lipinski definition) is 2. The van der Waals surface area contributed by atoms with E-state index in [9.17, 15) is 0 Å². The van der Waals surface area contributed by atoms with Crippen LogP contribution >= 0.6 is 0 Å². The Balaban J connectivity index is 5.28. The second-order valence-corrected chi connectivity index (χ2v) is 6.71. The number of hydrogen-bond donors (Lipinski definition) is 0. The second-order valence-electron chi connectivity index (χ2n) is 6.71. The van der Waals surface area contributed by atoms with E-state index in [4.69, 9.17) is 9.78 Å². The van der Waals surface area contributed by atoms with Crippen LogP contribution in [0.5, 0.6) is 0 Å². The van der Waals surface area contributed by atoms with Crippen molar-refractivity contribution in [1.82, 2.24) is 0 Å². The normalized spacial score (nSPS) is 11.9. The monoisotopic (exact) mass is 334 g/mol. The summed E-state index contributed by atoms with van der Waals surface area (Å²) in [5, 5.41) is 0. The molecule has 0 atom stereocenters. The fourth-order valence-electron chi connectivity index (χ4n) is 3.02. The minimum atomic E-state index is -0.376.